The molecule has 8 aromatic rings. The largest absolute Gasteiger partial charge is 0.508 e. The number of anilines is 4. The van der Waals surface area contributed by atoms with E-state index in [1.165, 1.54) is 28.0 Å². The number of imidazole rings is 2. The van der Waals surface area contributed by atoms with Gasteiger partial charge in [0.1, 0.15) is 28.4 Å². The van der Waals surface area contributed by atoms with Gasteiger partial charge in [-0.2, -0.15) is 0 Å². The molecule has 0 amide bonds. The lowest BCUT2D eigenvalue weighted by molar-refractivity contribution is 0.475. The Morgan fingerprint density at radius 1 is 0.562 bits per heavy atom. The topological polar surface area (TPSA) is 105 Å². The van der Waals surface area contributed by atoms with Crippen LogP contribution in [0.4, 0.5) is 21.6 Å². The van der Waals surface area contributed by atoms with Gasteiger partial charge in [-0.15, -0.1) is 22.7 Å². The van der Waals surface area contributed by atoms with Gasteiger partial charge in [-0.3, -0.25) is 8.80 Å². The van der Waals surface area contributed by atoms with Gasteiger partial charge >= 0.3 is 0 Å². The molecule has 0 unspecified atom stereocenters. The predicted octanol–water partition coefficient (Wildman–Crippen LogP) is 9.65. The molecule has 48 heavy (non-hydrogen) atoms. The van der Waals surface area contributed by atoms with E-state index in [0.29, 0.717) is 0 Å². The molecule has 0 bridgehead atoms. The quantitative estimate of drug-likeness (QED) is 0.162. The van der Waals surface area contributed by atoms with Crippen molar-refractivity contribution in [1.29, 1.82) is 0 Å². The standard InChI is InChI=1S/C19H18N4S.C18H16N4OS/c1-12-4-6-15(7-5-12)21-19-22-16(11-24-19)18-14(3)20-17-10-13(2)8-9-23(17)18;1-11-6-7-22-16(8-11)19-12(2)17(22)15-10-24-18(21-15)20-13-4-3-5-14(23)9-13/h4-11H,1-3H3,(H,21,22);3-10,23H,1-2H3,(H,20,21). The van der Waals surface area contributed by atoms with Crippen LogP contribution in [0.25, 0.3) is 34.1 Å². The lowest BCUT2D eigenvalue weighted by Gasteiger charge is -2.03. The summed E-state index contributed by atoms with van der Waals surface area (Å²) in [5.74, 6) is 0.227. The van der Waals surface area contributed by atoms with Crippen molar-refractivity contribution in [2.24, 2.45) is 0 Å². The van der Waals surface area contributed by atoms with E-state index in [0.717, 1.165) is 67.1 Å². The Balaban J connectivity index is 0.000000152. The molecule has 0 aliphatic heterocycles. The van der Waals surface area contributed by atoms with Gasteiger partial charge in [0, 0.05) is 40.6 Å². The third-order valence-corrected chi connectivity index (χ3v) is 9.32. The number of nitrogens with one attached hydrogen (secondary N) is 2. The van der Waals surface area contributed by atoms with Crippen LogP contribution < -0.4 is 10.6 Å². The Morgan fingerprint density at radius 3 is 1.60 bits per heavy atom. The molecule has 11 heteroatoms. The van der Waals surface area contributed by atoms with Gasteiger partial charge in [0.15, 0.2) is 10.3 Å². The van der Waals surface area contributed by atoms with Crippen molar-refractivity contribution >= 4 is 55.6 Å². The molecule has 0 spiro atoms. The molecule has 8 rings (SSSR count). The Bertz CT molecular complexity index is 2380. The maximum absolute atomic E-state index is 9.56. The fourth-order valence-corrected chi connectivity index (χ4v) is 6.92. The van der Waals surface area contributed by atoms with Crippen molar-refractivity contribution in [2.75, 3.05) is 10.6 Å². The van der Waals surface area contributed by atoms with Gasteiger partial charge in [-0.1, -0.05) is 23.8 Å². The van der Waals surface area contributed by atoms with E-state index in [1.54, 1.807) is 29.5 Å². The minimum absolute atomic E-state index is 0.227. The monoisotopic (exact) mass is 670 g/mol. The molecule has 0 saturated carbocycles. The molecule has 240 valence electrons. The van der Waals surface area contributed by atoms with Crippen LogP contribution in [-0.4, -0.2) is 33.8 Å². The van der Waals surface area contributed by atoms with E-state index >= 15 is 0 Å². The highest BCUT2D eigenvalue weighted by Gasteiger charge is 2.16. The second-order valence-corrected chi connectivity index (χ2v) is 13.4. The summed E-state index contributed by atoms with van der Waals surface area (Å²) in [6, 6.07) is 23.6. The normalized spacial score (nSPS) is 11.1. The highest BCUT2D eigenvalue weighted by molar-refractivity contribution is 7.14. The molecular weight excluding hydrogens is 637 g/mol. The van der Waals surface area contributed by atoms with Crippen LogP contribution in [0, 0.1) is 34.6 Å². The van der Waals surface area contributed by atoms with Crippen LogP contribution >= 0.6 is 22.7 Å². The summed E-state index contributed by atoms with van der Waals surface area (Å²) in [5.41, 5.74) is 13.2. The van der Waals surface area contributed by atoms with Crippen LogP contribution in [0.15, 0.2) is 96.0 Å². The lowest BCUT2D eigenvalue weighted by Crippen LogP contribution is -1.92. The van der Waals surface area contributed by atoms with Gasteiger partial charge in [-0.05, 0) is 94.3 Å². The zero-order valence-electron chi connectivity index (χ0n) is 27.2. The average Bonchev–Trinajstić information content (AvgIpc) is 3.83. The number of benzene rings is 2. The summed E-state index contributed by atoms with van der Waals surface area (Å²) in [7, 11) is 0. The molecular formula is C37H34N8OS2. The third-order valence-electron chi connectivity index (χ3n) is 7.81. The van der Waals surface area contributed by atoms with E-state index in [4.69, 9.17) is 4.98 Å². The van der Waals surface area contributed by atoms with Crippen molar-refractivity contribution < 1.29 is 5.11 Å². The first-order chi connectivity index (χ1) is 23.2. The highest BCUT2D eigenvalue weighted by Crippen LogP contribution is 2.32. The molecule has 0 aliphatic rings. The number of aromatic hydroxyl groups is 1. The number of phenols is 1. The average molecular weight is 671 g/mol. The first-order valence-electron chi connectivity index (χ1n) is 15.4. The first kappa shape index (κ1) is 31.1. The molecule has 3 N–H and O–H groups in total. The minimum Gasteiger partial charge on any atom is -0.508 e. The molecule has 0 atom stereocenters. The molecule has 0 radical (unpaired) electrons. The van der Waals surface area contributed by atoms with Crippen molar-refractivity contribution in [2.45, 2.75) is 34.6 Å². The number of rotatable bonds is 6. The van der Waals surface area contributed by atoms with Crippen molar-refractivity contribution in [3.63, 3.8) is 0 Å². The number of nitrogens with zero attached hydrogens (tertiary/aromatic N) is 6. The van der Waals surface area contributed by atoms with Gasteiger partial charge in [-0.25, -0.2) is 19.9 Å². The first-order valence-corrected chi connectivity index (χ1v) is 17.2. The second kappa shape index (κ2) is 12.9. The van der Waals surface area contributed by atoms with Gasteiger partial charge in [0.25, 0.3) is 0 Å². The summed E-state index contributed by atoms with van der Waals surface area (Å²) >= 11 is 3.13. The molecule has 2 aromatic carbocycles. The molecule has 6 aromatic heterocycles. The van der Waals surface area contributed by atoms with E-state index in [2.05, 4.69) is 115 Å². The van der Waals surface area contributed by atoms with Crippen LogP contribution in [-0.2, 0) is 0 Å². The molecule has 6 heterocycles. The van der Waals surface area contributed by atoms with Crippen LogP contribution in [0.3, 0.4) is 0 Å². The Hall–Kier alpha value is -5.52. The van der Waals surface area contributed by atoms with Crippen molar-refractivity contribution in [3.8, 4) is 28.5 Å². The van der Waals surface area contributed by atoms with Crippen LogP contribution in [0.1, 0.15) is 28.1 Å². The predicted molar refractivity (Wildman–Crippen MR) is 197 cm³/mol. The zero-order chi connectivity index (χ0) is 33.4. The van der Waals surface area contributed by atoms with Gasteiger partial charge in [0.05, 0.1) is 22.8 Å². The van der Waals surface area contributed by atoms with E-state index in [-0.39, 0.29) is 5.75 Å². The summed E-state index contributed by atoms with van der Waals surface area (Å²) in [4.78, 5) is 18.7. The molecule has 0 saturated heterocycles. The Labute approximate surface area is 286 Å². The SMILES string of the molecule is Cc1ccc(Nc2nc(-c3c(C)nc4cc(C)ccn34)cs2)cc1.Cc1ccn2c(-c3csc(Nc4cccc(O)c4)n3)c(C)nc2c1. The Kier molecular flexibility index (Phi) is 8.38. The lowest BCUT2D eigenvalue weighted by atomic mass is 10.2. The maximum atomic E-state index is 9.56. The number of aromatic nitrogens is 6. The highest BCUT2D eigenvalue weighted by atomic mass is 32.1. The fourth-order valence-electron chi connectivity index (χ4n) is 5.49. The number of hydrogen-bond acceptors (Lipinski definition) is 9. The summed E-state index contributed by atoms with van der Waals surface area (Å²) in [6.45, 7) is 10.3. The molecule has 9 nitrogen and oxygen atoms in total. The van der Waals surface area contributed by atoms with E-state index in [1.807, 2.05) is 31.5 Å². The number of fused-ring (bicyclic) bond motifs is 2. The second-order valence-electron chi connectivity index (χ2n) is 11.7. The number of phenolic OH excluding ortho intramolecular Hbond substituents is 1. The summed E-state index contributed by atoms with van der Waals surface area (Å²) in [5, 5.41) is 21.9. The number of pyridine rings is 2. The van der Waals surface area contributed by atoms with Crippen molar-refractivity contribution in [3.05, 3.63) is 124 Å². The minimum atomic E-state index is 0.227. The molecule has 0 fully saturated rings. The zero-order valence-corrected chi connectivity index (χ0v) is 28.8. The van der Waals surface area contributed by atoms with Gasteiger partial charge in [0.2, 0.25) is 0 Å². The van der Waals surface area contributed by atoms with E-state index in [9.17, 15) is 5.11 Å². The maximum Gasteiger partial charge on any atom is 0.187 e. The van der Waals surface area contributed by atoms with Crippen LogP contribution in [0.5, 0.6) is 5.75 Å². The van der Waals surface area contributed by atoms with E-state index < -0.39 is 0 Å². The number of aryl methyl sites for hydroxylation is 5. The number of thiazole rings is 2. The summed E-state index contributed by atoms with van der Waals surface area (Å²) in [6.07, 6.45) is 4.09. The molecule has 0 aliphatic carbocycles. The fraction of sp³-hybridized carbons (Fsp3) is 0.135. The third kappa shape index (κ3) is 6.51. The summed E-state index contributed by atoms with van der Waals surface area (Å²) < 4.78 is 4.17. The Morgan fingerprint density at radius 2 is 1.08 bits per heavy atom. The van der Waals surface area contributed by atoms with Gasteiger partial charge < -0.3 is 15.7 Å². The smallest absolute Gasteiger partial charge is 0.187 e. The number of hydrogen-bond donors (Lipinski definition) is 3. The van der Waals surface area contributed by atoms with Crippen molar-refractivity contribution in [1.82, 2.24) is 28.7 Å². The van der Waals surface area contributed by atoms with Crippen LogP contribution in [0.2, 0.25) is 0 Å².